The molecule has 9 heteroatoms. The zero-order chi connectivity index (χ0) is 33.0. The Morgan fingerprint density at radius 1 is 0.957 bits per heavy atom. The molecule has 0 bridgehead atoms. The highest BCUT2D eigenvalue weighted by molar-refractivity contribution is 6.04. The van der Waals surface area contributed by atoms with Crippen molar-refractivity contribution in [1.82, 2.24) is 15.2 Å². The molecular formula is C38H48N4O5. The van der Waals surface area contributed by atoms with E-state index >= 15 is 0 Å². The maximum Gasteiger partial charge on any atom is 0.257 e. The summed E-state index contributed by atoms with van der Waals surface area (Å²) in [5, 5.41) is 15.9. The SMILES string of the molecule is CC(C)(C)NC(=O)C1CCC2CCCCC2N1CC1CC(c2ccc(CO)cc2)OC(c2cccc(NC(=O)c3cccnc3)c2)O1. The van der Waals surface area contributed by atoms with Crippen molar-refractivity contribution in [3.05, 3.63) is 95.3 Å². The molecule has 2 aliphatic heterocycles. The molecule has 3 heterocycles. The summed E-state index contributed by atoms with van der Waals surface area (Å²) < 4.78 is 13.4. The average Bonchev–Trinajstić information content (AvgIpc) is 3.08. The smallest absolute Gasteiger partial charge is 0.257 e. The molecule has 1 saturated carbocycles. The number of aromatic nitrogens is 1. The van der Waals surface area contributed by atoms with Gasteiger partial charge in [0, 0.05) is 48.2 Å². The van der Waals surface area contributed by atoms with E-state index < -0.39 is 6.29 Å². The molecule has 6 atom stereocenters. The summed E-state index contributed by atoms with van der Waals surface area (Å²) in [6.07, 6.45) is 9.35. The molecule has 2 aromatic carbocycles. The molecule has 3 fully saturated rings. The van der Waals surface area contributed by atoms with Crippen molar-refractivity contribution in [2.75, 3.05) is 11.9 Å². The number of aliphatic hydroxyl groups is 1. The quantitative estimate of drug-likeness (QED) is 0.265. The maximum atomic E-state index is 13.7. The van der Waals surface area contributed by atoms with Crippen LogP contribution in [0.15, 0.2) is 73.1 Å². The summed E-state index contributed by atoms with van der Waals surface area (Å²) in [5.74, 6) is 0.450. The van der Waals surface area contributed by atoms with Gasteiger partial charge in [0.05, 0.1) is 30.4 Å². The second-order valence-electron chi connectivity index (χ2n) is 14.3. The van der Waals surface area contributed by atoms with Crippen molar-refractivity contribution in [3.63, 3.8) is 0 Å². The first kappa shape index (κ1) is 33.3. The number of rotatable bonds is 8. The van der Waals surface area contributed by atoms with Crippen molar-refractivity contribution < 1.29 is 24.2 Å². The van der Waals surface area contributed by atoms with Crippen LogP contribution in [-0.2, 0) is 20.9 Å². The van der Waals surface area contributed by atoms with Crippen LogP contribution < -0.4 is 10.6 Å². The van der Waals surface area contributed by atoms with Crippen LogP contribution in [0, 0.1) is 5.92 Å². The lowest BCUT2D eigenvalue weighted by Crippen LogP contribution is -2.61. The fourth-order valence-corrected chi connectivity index (χ4v) is 7.46. The van der Waals surface area contributed by atoms with E-state index in [2.05, 4.69) is 20.5 Å². The molecule has 2 amide bonds. The van der Waals surface area contributed by atoms with Gasteiger partial charge in [0.2, 0.25) is 5.91 Å². The van der Waals surface area contributed by atoms with Crippen LogP contribution in [0.4, 0.5) is 5.69 Å². The van der Waals surface area contributed by atoms with Crippen LogP contribution in [-0.4, -0.2) is 57.1 Å². The van der Waals surface area contributed by atoms with E-state index in [1.165, 1.54) is 25.5 Å². The highest BCUT2D eigenvalue weighted by atomic mass is 16.7. The van der Waals surface area contributed by atoms with Crippen molar-refractivity contribution in [2.24, 2.45) is 5.92 Å². The first-order chi connectivity index (χ1) is 22.7. The van der Waals surface area contributed by atoms with Gasteiger partial charge in [0.1, 0.15) is 0 Å². The first-order valence-electron chi connectivity index (χ1n) is 17.1. The van der Waals surface area contributed by atoms with E-state index in [-0.39, 0.29) is 42.2 Å². The Hall–Kier alpha value is -3.63. The molecule has 0 radical (unpaired) electrons. The number of ether oxygens (including phenoxy) is 2. The number of carbonyl (C=O) groups is 2. The Balaban J connectivity index is 1.27. The molecule has 250 valence electrons. The largest absolute Gasteiger partial charge is 0.392 e. The minimum absolute atomic E-state index is 0.0206. The number of piperidine rings is 1. The van der Waals surface area contributed by atoms with Gasteiger partial charge in [-0.2, -0.15) is 0 Å². The number of fused-ring (bicyclic) bond motifs is 1. The summed E-state index contributed by atoms with van der Waals surface area (Å²) >= 11 is 0. The van der Waals surface area contributed by atoms with E-state index in [0.29, 0.717) is 36.2 Å². The van der Waals surface area contributed by atoms with Gasteiger partial charge < -0.3 is 25.2 Å². The van der Waals surface area contributed by atoms with E-state index in [1.807, 2.05) is 69.3 Å². The molecule has 3 aromatic rings. The molecule has 6 rings (SSSR count). The highest BCUT2D eigenvalue weighted by Crippen LogP contribution is 2.42. The van der Waals surface area contributed by atoms with Gasteiger partial charge in [-0.05, 0) is 87.8 Å². The van der Waals surface area contributed by atoms with E-state index in [0.717, 1.165) is 36.0 Å². The first-order valence-corrected chi connectivity index (χ1v) is 17.1. The zero-order valence-electron chi connectivity index (χ0n) is 27.7. The standard InChI is InChI=1S/C38H48N4O5/c1-38(2,3)41-36(45)33-18-17-26-8-4-5-12-32(26)42(33)23-31-21-34(27-15-13-25(24-43)14-16-27)47-37(46-31)28-9-6-11-30(20-28)40-35(44)29-10-7-19-39-22-29/h6-7,9-11,13-16,19-20,22,26,31-34,37,43H,4-5,8,12,17-18,21,23-24H2,1-3H3,(H,40,44)(H,41,45). The molecule has 2 saturated heterocycles. The summed E-state index contributed by atoms with van der Waals surface area (Å²) in [6, 6.07) is 19.1. The van der Waals surface area contributed by atoms with Crippen molar-refractivity contribution >= 4 is 17.5 Å². The Morgan fingerprint density at radius 2 is 1.77 bits per heavy atom. The minimum atomic E-state index is -0.680. The second-order valence-corrected chi connectivity index (χ2v) is 14.3. The van der Waals surface area contributed by atoms with Crippen molar-refractivity contribution in [1.29, 1.82) is 0 Å². The number of nitrogens with one attached hydrogen (secondary N) is 2. The van der Waals surface area contributed by atoms with Crippen molar-refractivity contribution in [2.45, 2.75) is 108 Å². The van der Waals surface area contributed by atoms with Gasteiger partial charge in [-0.3, -0.25) is 19.5 Å². The zero-order valence-corrected chi connectivity index (χ0v) is 27.7. The normalized spacial score (nSPS) is 26.6. The Labute approximate surface area is 278 Å². The predicted octanol–water partition coefficient (Wildman–Crippen LogP) is 6.31. The highest BCUT2D eigenvalue weighted by Gasteiger charge is 2.44. The number of aliphatic hydroxyl groups excluding tert-OH is 1. The third-order valence-electron chi connectivity index (χ3n) is 9.68. The third kappa shape index (κ3) is 8.27. The number of hydrogen-bond donors (Lipinski definition) is 3. The molecule has 9 nitrogen and oxygen atoms in total. The van der Waals surface area contributed by atoms with Crippen LogP contribution >= 0.6 is 0 Å². The lowest BCUT2D eigenvalue weighted by Gasteiger charge is -2.50. The number of benzene rings is 2. The fourth-order valence-electron chi connectivity index (χ4n) is 7.46. The van der Waals surface area contributed by atoms with Gasteiger partial charge in [-0.1, -0.05) is 49.2 Å². The average molecular weight is 641 g/mol. The lowest BCUT2D eigenvalue weighted by molar-refractivity contribution is -0.255. The molecular weight excluding hydrogens is 592 g/mol. The third-order valence-corrected chi connectivity index (χ3v) is 9.68. The molecule has 3 N–H and O–H groups in total. The van der Waals surface area contributed by atoms with Gasteiger partial charge in [-0.25, -0.2) is 0 Å². The maximum absolute atomic E-state index is 13.7. The van der Waals surface area contributed by atoms with E-state index in [1.54, 1.807) is 18.3 Å². The predicted molar refractivity (Wildman–Crippen MR) is 180 cm³/mol. The topological polar surface area (TPSA) is 113 Å². The van der Waals surface area contributed by atoms with Gasteiger partial charge in [-0.15, -0.1) is 0 Å². The monoisotopic (exact) mass is 640 g/mol. The minimum Gasteiger partial charge on any atom is -0.392 e. The molecule has 1 aliphatic carbocycles. The summed E-state index contributed by atoms with van der Waals surface area (Å²) in [4.78, 5) is 33.1. The van der Waals surface area contributed by atoms with Crippen LogP contribution in [0.5, 0.6) is 0 Å². The molecule has 0 spiro atoms. The molecule has 6 unspecified atom stereocenters. The van der Waals surface area contributed by atoms with Gasteiger partial charge in [0.15, 0.2) is 6.29 Å². The van der Waals surface area contributed by atoms with Gasteiger partial charge in [0.25, 0.3) is 5.91 Å². The van der Waals surface area contributed by atoms with Crippen LogP contribution in [0.1, 0.15) is 105 Å². The van der Waals surface area contributed by atoms with Crippen LogP contribution in [0.3, 0.4) is 0 Å². The molecule has 1 aromatic heterocycles. The number of carbonyl (C=O) groups excluding carboxylic acids is 2. The summed E-state index contributed by atoms with van der Waals surface area (Å²) in [6.45, 7) is 6.72. The molecule has 3 aliphatic rings. The number of nitrogens with zero attached hydrogens (tertiary/aromatic N) is 2. The van der Waals surface area contributed by atoms with Crippen molar-refractivity contribution in [3.8, 4) is 0 Å². The van der Waals surface area contributed by atoms with Crippen LogP contribution in [0.2, 0.25) is 0 Å². The van der Waals surface area contributed by atoms with E-state index in [4.69, 9.17) is 9.47 Å². The number of amides is 2. The Bertz CT molecular complexity index is 1510. The van der Waals surface area contributed by atoms with Crippen LogP contribution in [0.25, 0.3) is 0 Å². The number of likely N-dealkylation sites (tertiary alicyclic amines) is 1. The number of hydrogen-bond acceptors (Lipinski definition) is 7. The summed E-state index contributed by atoms with van der Waals surface area (Å²) in [5.41, 5.74) is 3.45. The van der Waals surface area contributed by atoms with Gasteiger partial charge >= 0.3 is 0 Å². The fraction of sp³-hybridized carbons (Fsp3) is 0.500. The molecule has 47 heavy (non-hydrogen) atoms. The number of pyridine rings is 1. The number of anilines is 1. The Kier molecular flexibility index (Phi) is 10.4. The lowest BCUT2D eigenvalue weighted by atomic mass is 9.75. The van der Waals surface area contributed by atoms with E-state index in [9.17, 15) is 14.7 Å². The Morgan fingerprint density at radius 3 is 2.51 bits per heavy atom. The second kappa shape index (κ2) is 14.6. The summed E-state index contributed by atoms with van der Waals surface area (Å²) in [7, 11) is 0.